The van der Waals surface area contributed by atoms with Gasteiger partial charge in [-0.2, -0.15) is 13.2 Å². The average Bonchev–Trinajstić information content (AvgIpc) is 2.50. The summed E-state index contributed by atoms with van der Waals surface area (Å²) in [5.74, 6) is 0.765. The van der Waals surface area contributed by atoms with E-state index in [2.05, 4.69) is 36.1 Å². The molecule has 0 aliphatic carbocycles. The van der Waals surface area contributed by atoms with Crippen molar-refractivity contribution in [3.05, 3.63) is 0 Å². The monoisotopic (exact) mass is 465 g/mol. The first-order valence-electron chi connectivity index (χ1n) is 8.13. The van der Waals surface area contributed by atoms with E-state index in [-0.39, 0.29) is 24.0 Å². The van der Waals surface area contributed by atoms with Crippen LogP contribution >= 0.6 is 24.0 Å². The van der Waals surface area contributed by atoms with Crippen LogP contribution in [0, 0.1) is 0 Å². The van der Waals surface area contributed by atoms with Crippen LogP contribution < -0.4 is 5.32 Å². The highest BCUT2D eigenvalue weighted by molar-refractivity contribution is 14.0. The van der Waals surface area contributed by atoms with E-state index in [1.807, 2.05) is 4.90 Å². The van der Waals surface area contributed by atoms with Gasteiger partial charge in [0.25, 0.3) is 0 Å². The highest BCUT2D eigenvalue weighted by atomic mass is 127. The zero-order valence-electron chi connectivity index (χ0n) is 15.2. The largest absolute Gasteiger partial charge is 0.403 e. The van der Waals surface area contributed by atoms with Crippen LogP contribution in [0.15, 0.2) is 4.99 Å². The first-order valence-corrected chi connectivity index (χ1v) is 8.13. The molecule has 1 aliphatic rings. The van der Waals surface area contributed by atoms with Crippen molar-refractivity contribution >= 4 is 29.9 Å². The van der Waals surface area contributed by atoms with Crippen LogP contribution in [0.1, 0.15) is 20.8 Å². The van der Waals surface area contributed by atoms with Crippen molar-refractivity contribution < 1.29 is 13.2 Å². The lowest BCUT2D eigenvalue weighted by Crippen LogP contribution is -2.57. The van der Waals surface area contributed by atoms with Gasteiger partial charge in [-0.1, -0.05) is 0 Å². The molecule has 0 bridgehead atoms. The van der Waals surface area contributed by atoms with Gasteiger partial charge in [0.05, 0.1) is 0 Å². The number of alkyl halides is 3. The number of nitrogens with zero attached hydrogens (tertiary/aromatic N) is 4. The first-order chi connectivity index (χ1) is 10.7. The second kappa shape index (κ2) is 10.6. The van der Waals surface area contributed by atoms with Crippen LogP contribution in [0.5, 0.6) is 0 Å². The van der Waals surface area contributed by atoms with Crippen LogP contribution in [0.25, 0.3) is 0 Å². The van der Waals surface area contributed by atoms with Gasteiger partial charge in [0.15, 0.2) is 5.96 Å². The Morgan fingerprint density at radius 3 is 2.12 bits per heavy atom. The van der Waals surface area contributed by atoms with Crippen molar-refractivity contribution in [3.8, 4) is 0 Å². The molecule has 1 atom stereocenters. The Kier molecular flexibility index (Phi) is 10.5. The Balaban J connectivity index is 0.00000529. The molecule has 0 amide bonds. The molecule has 1 rings (SSSR count). The molecule has 0 aromatic carbocycles. The maximum Gasteiger partial charge on any atom is 0.403 e. The third kappa shape index (κ3) is 7.30. The molecule has 1 aliphatic heterocycles. The van der Waals surface area contributed by atoms with Gasteiger partial charge < -0.3 is 15.1 Å². The van der Waals surface area contributed by atoms with Crippen LogP contribution in [0.4, 0.5) is 13.2 Å². The number of aliphatic imine (C=N–C) groups is 1. The summed E-state index contributed by atoms with van der Waals surface area (Å²) in [4.78, 5) is 9.97. The predicted molar refractivity (Wildman–Crippen MR) is 103 cm³/mol. The maximum absolute atomic E-state index is 12.8. The Labute approximate surface area is 160 Å². The maximum atomic E-state index is 12.8. The molecule has 0 saturated carbocycles. The molecule has 144 valence electrons. The molecule has 1 saturated heterocycles. The summed E-state index contributed by atoms with van der Waals surface area (Å²) in [6.45, 7) is 9.05. The van der Waals surface area contributed by atoms with E-state index in [0.29, 0.717) is 32.2 Å². The highest BCUT2D eigenvalue weighted by Gasteiger charge is 2.41. The number of likely N-dealkylation sites (N-methyl/N-ethyl adjacent to an activating group) is 1. The molecule has 1 N–H and O–H groups in total. The third-order valence-electron chi connectivity index (χ3n) is 4.48. The van der Waals surface area contributed by atoms with Crippen LogP contribution in [0.3, 0.4) is 0 Å². The molecule has 0 aromatic heterocycles. The highest BCUT2D eigenvalue weighted by Crippen LogP contribution is 2.25. The molecule has 5 nitrogen and oxygen atoms in total. The Morgan fingerprint density at radius 2 is 1.71 bits per heavy atom. The molecule has 24 heavy (non-hydrogen) atoms. The lowest BCUT2D eigenvalue weighted by atomic mass is 10.2. The fourth-order valence-corrected chi connectivity index (χ4v) is 2.46. The summed E-state index contributed by atoms with van der Waals surface area (Å²) in [5.41, 5.74) is 0. The summed E-state index contributed by atoms with van der Waals surface area (Å²) in [6.07, 6.45) is -4.16. The molecular formula is C15H31F3IN5. The van der Waals surface area contributed by atoms with Crippen LogP contribution in [0.2, 0.25) is 0 Å². The van der Waals surface area contributed by atoms with E-state index in [1.54, 1.807) is 7.05 Å². The van der Waals surface area contributed by atoms with Gasteiger partial charge in [0, 0.05) is 52.4 Å². The lowest BCUT2D eigenvalue weighted by Gasteiger charge is -2.39. The average molecular weight is 465 g/mol. The summed E-state index contributed by atoms with van der Waals surface area (Å²) >= 11 is 0. The fourth-order valence-electron chi connectivity index (χ4n) is 2.46. The summed E-state index contributed by atoms with van der Waals surface area (Å²) in [6, 6.07) is -0.912. The number of hydrogen-bond acceptors (Lipinski definition) is 3. The van der Waals surface area contributed by atoms with Crippen molar-refractivity contribution in [3.63, 3.8) is 0 Å². The normalized spacial score (nSPS) is 18.8. The molecule has 0 aromatic rings. The van der Waals surface area contributed by atoms with Gasteiger partial charge >= 0.3 is 6.18 Å². The number of halogens is 4. The van der Waals surface area contributed by atoms with Crippen molar-refractivity contribution in [1.29, 1.82) is 0 Å². The molecule has 9 heteroatoms. The van der Waals surface area contributed by atoms with Gasteiger partial charge in [-0.15, -0.1) is 24.0 Å². The lowest BCUT2D eigenvalue weighted by molar-refractivity contribution is -0.181. The van der Waals surface area contributed by atoms with Gasteiger partial charge in [-0.05, 0) is 27.8 Å². The van der Waals surface area contributed by atoms with E-state index < -0.39 is 12.2 Å². The second-order valence-electron chi connectivity index (χ2n) is 6.29. The SMILES string of the molecule is CN=C(NCCN(C)C(C)C)N1CCN(C(C)C(F)(F)F)CC1.I. The van der Waals surface area contributed by atoms with Gasteiger partial charge in [-0.3, -0.25) is 9.89 Å². The minimum atomic E-state index is -4.16. The van der Waals surface area contributed by atoms with Crippen molar-refractivity contribution in [1.82, 2.24) is 20.0 Å². The molecule has 0 radical (unpaired) electrons. The van der Waals surface area contributed by atoms with E-state index in [4.69, 9.17) is 0 Å². The van der Waals surface area contributed by atoms with E-state index in [9.17, 15) is 13.2 Å². The number of nitrogens with one attached hydrogen (secondary N) is 1. The summed E-state index contributed by atoms with van der Waals surface area (Å²) < 4.78 is 38.3. The Bertz CT molecular complexity index is 382. The van der Waals surface area contributed by atoms with Crippen molar-refractivity contribution in [2.75, 3.05) is 53.4 Å². The molecule has 1 unspecified atom stereocenters. The smallest absolute Gasteiger partial charge is 0.355 e. The fraction of sp³-hybridized carbons (Fsp3) is 0.933. The van der Waals surface area contributed by atoms with E-state index in [1.165, 1.54) is 11.8 Å². The van der Waals surface area contributed by atoms with Crippen LogP contribution in [-0.2, 0) is 0 Å². The molecular weight excluding hydrogens is 434 g/mol. The van der Waals surface area contributed by atoms with Crippen molar-refractivity contribution in [2.24, 2.45) is 4.99 Å². The Morgan fingerprint density at radius 1 is 1.17 bits per heavy atom. The number of piperazine rings is 1. The topological polar surface area (TPSA) is 34.1 Å². The van der Waals surface area contributed by atoms with E-state index in [0.717, 1.165) is 19.0 Å². The zero-order chi connectivity index (χ0) is 17.6. The number of hydrogen-bond donors (Lipinski definition) is 1. The summed E-state index contributed by atoms with van der Waals surface area (Å²) in [7, 11) is 3.77. The standard InChI is InChI=1S/C15H30F3N5.HI/c1-12(2)21(5)7-6-20-14(19-4)23-10-8-22(9-11-23)13(3)15(16,17)18;/h12-13H,6-11H2,1-5H3,(H,19,20);1H. The third-order valence-corrected chi connectivity index (χ3v) is 4.48. The number of guanidine groups is 1. The van der Waals surface area contributed by atoms with E-state index >= 15 is 0 Å². The summed E-state index contributed by atoms with van der Waals surface area (Å²) in [5, 5.41) is 3.29. The molecule has 1 fully saturated rings. The van der Waals surface area contributed by atoms with Crippen molar-refractivity contribution in [2.45, 2.75) is 39.0 Å². The molecule has 1 heterocycles. The minimum absolute atomic E-state index is 0. The van der Waals surface area contributed by atoms with Gasteiger partial charge in [0.2, 0.25) is 0 Å². The van der Waals surface area contributed by atoms with Gasteiger partial charge in [-0.25, -0.2) is 0 Å². The minimum Gasteiger partial charge on any atom is -0.355 e. The predicted octanol–water partition coefficient (Wildman–Crippen LogP) is 2.09. The van der Waals surface area contributed by atoms with Gasteiger partial charge in [0.1, 0.15) is 6.04 Å². The second-order valence-corrected chi connectivity index (χ2v) is 6.29. The zero-order valence-corrected chi connectivity index (χ0v) is 17.6. The first kappa shape index (κ1) is 23.7. The van der Waals surface area contributed by atoms with Crippen LogP contribution in [-0.4, -0.2) is 92.3 Å². The Hall–Kier alpha value is -0.290. The molecule has 0 spiro atoms. The quantitative estimate of drug-likeness (QED) is 0.383. The number of rotatable bonds is 5.